The van der Waals surface area contributed by atoms with Crippen molar-refractivity contribution in [3.63, 3.8) is 0 Å². The fraction of sp³-hybridized carbons (Fsp3) is 0.500. The van der Waals surface area contributed by atoms with Crippen molar-refractivity contribution >= 4 is 6.41 Å². The minimum atomic E-state index is 0.656. The molecule has 0 bridgehead atoms. The van der Waals surface area contributed by atoms with Crippen LogP contribution in [0.1, 0.15) is 13.3 Å². The average molecular weight is 86.1 g/mol. The highest BCUT2D eigenvalue weighted by Gasteiger charge is 1.70. The largest absolute Gasteiger partial charge is 0.354 e. The van der Waals surface area contributed by atoms with E-state index in [-0.39, 0.29) is 0 Å². The molecule has 2 nitrogen and oxygen atoms in total. The maximum absolute atomic E-state index is 9.42. The average Bonchev–Trinajstić information content (AvgIpc) is 1.61. The van der Waals surface area contributed by atoms with Gasteiger partial charge in [-0.05, 0) is 6.42 Å². The maximum Gasteiger partial charge on any atom is 0.207 e. The Morgan fingerprint density at radius 3 is 2.67 bits per heavy atom. The summed E-state index contributed by atoms with van der Waals surface area (Å²) in [6, 6.07) is 0. The van der Waals surface area contributed by atoms with Crippen LogP contribution in [0.3, 0.4) is 0 Å². The Morgan fingerprint density at radius 2 is 2.50 bits per heavy atom. The third-order valence-corrected chi connectivity index (χ3v) is 0.390. The SMILES string of the molecule is CC[CH]NC=O. The van der Waals surface area contributed by atoms with Gasteiger partial charge in [-0.3, -0.25) is 4.79 Å². The van der Waals surface area contributed by atoms with E-state index >= 15 is 0 Å². The molecule has 0 aliphatic heterocycles. The molecule has 0 heterocycles. The van der Waals surface area contributed by atoms with E-state index in [1.54, 1.807) is 6.54 Å². The van der Waals surface area contributed by atoms with Crippen molar-refractivity contribution in [3.8, 4) is 0 Å². The van der Waals surface area contributed by atoms with E-state index in [1.807, 2.05) is 6.92 Å². The topological polar surface area (TPSA) is 29.1 Å². The van der Waals surface area contributed by atoms with Gasteiger partial charge in [0.2, 0.25) is 6.41 Å². The first-order chi connectivity index (χ1) is 2.91. The summed E-state index contributed by atoms with van der Waals surface area (Å²) in [5.74, 6) is 0. The van der Waals surface area contributed by atoms with Crippen molar-refractivity contribution in [3.05, 3.63) is 6.54 Å². The molecule has 1 amide bonds. The van der Waals surface area contributed by atoms with E-state index in [2.05, 4.69) is 5.32 Å². The number of hydrogen-bond donors (Lipinski definition) is 1. The van der Waals surface area contributed by atoms with Gasteiger partial charge in [-0.1, -0.05) is 6.92 Å². The van der Waals surface area contributed by atoms with E-state index < -0.39 is 0 Å². The van der Waals surface area contributed by atoms with E-state index in [9.17, 15) is 4.79 Å². The molecule has 0 aromatic rings. The van der Waals surface area contributed by atoms with Gasteiger partial charge in [-0.25, -0.2) is 0 Å². The van der Waals surface area contributed by atoms with Crippen LogP contribution >= 0.6 is 0 Å². The van der Waals surface area contributed by atoms with Crippen molar-refractivity contribution in [2.24, 2.45) is 0 Å². The number of amides is 1. The van der Waals surface area contributed by atoms with Crippen molar-refractivity contribution in [2.75, 3.05) is 0 Å². The quantitative estimate of drug-likeness (QED) is 0.388. The molecular weight excluding hydrogens is 78.0 g/mol. The smallest absolute Gasteiger partial charge is 0.207 e. The predicted molar refractivity (Wildman–Crippen MR) is 23.8 cm³/mol. The molecule has 2 heteroatoms. The highest BCUT2D eigenvalue weighted by atomic mass is 16.1. The molecule has 0 aromatic heterocycles. The van der Waals surface area contributed by atoms with Gasteiger partial charge in [0.25, 0.3) is 0 Å². The van der Waals surface area contributed by atoms with Crippen LogP contribution in [0, 0.1) is 6.54 Å². The van der Waals surface area contributed by atoms with Crippen LogP contribution in [0.25, 0.3) is 0 Å². The third kappa shape index (κ3) is 3.47. The van der Waals surface area contributed by atoms with Gasteiger partial charge in [0, 0.05) is 6.54 Å². The molecule has 0 atom stereocenters. The Labute approximate surface area is 37.5 Å². The lowest BCUT2D eigenvalue weighted by atomic mass is 10.5. The fourth-order valence-corrected chi connectivity index (χ4v) is 0.166. The van der Waals surface area contributed by atoms with Gasteiger partial charge in [-0.15, -0.1) is 0 Å². The highest BCUT2D eigenvalue weighted by molar-refractivity contribution is 5.46. The Balaban J connectivity index is 2.49. The van der Waals surface area contributed by atoms with Gasteiger partial charge >= 0.3 is 0 Å². The van der Waals surface area contributed by atoms with Crippen molar-refractivity contribution in [1.29, 1.82) is 0 Å². The summed E-state index contributed by atoms with van der Waals surface area (Å²) in [6.45, 7) is 3.64. The number of carbonyl (C=O) groups is 1. The lowest BCUT2D eigenvalue weighted by Gasteiger charge is -1.84. The first kappa shape index (κ1) is 5.47. The highest BCUT2D eigenvalue weighted by Crippen LogP contribution is 1.71. The van der Waals surface area contributed by atoms with Crippen molar-refractivity contribution in [2.45, 2.75) is 13.3 Å². The number of nitrogens with one attached hydrogen (secondary N) is 1. The van der Waals surface area contributed by atoms with Crippen LogP contribution in [-0.2, 0) is 4.79 Å². The third-order valence-electron chi connectivity index (χ3n) is 0.390. The Morgan fingerprint density at radius 1 is 1.83 bits per heavy atom. The zero-order valence-corrected chi connectivity index (χ0v) is 3.77. The van der Waals surface area contributed by atoms with Crippen LogP contribution in [0.15, 0.2) is 0 Å². The lowest BCUT2D eigenvalue weighted by molar-refractivity contribution is -0.109. The van der Waals surface area contributed by atoms with Crippen LogP contribution < -0.4 is 5.32 Å². The van der Waals surface area contributed by atoms with E-state index in [0.29, 0.717) is 6.41 Å². The van der Waals surface area contributed by atoms with Gasteiger partial charge in [0.1, 0.15) is 0 Å². The molecule has 0 spiro atoms. The second-order valence-corrected chi connectivity index (χ2v) is 0.897. The normalized spacial score (nSPS) is 7.50. The minimum absolute atomic E-state index is 0.656. The zero-order valence-electron chi connectivity index (χ0n) is 3.77. The van der Waals surface area contributed by atoms with Gasteiger partial charge in [0.05, 0.1) is 0 Å². The molecule has 0 rings (SSSR count). The molecule has 0 aliphatic carbocycles. The van der Waals surface area contributed by atoms with E-state index in [4.69, 9.17) is 0 Å². The monoisotopic (exact) mass is 86.1 g/mol. The Kier molecular flexibility index (Phi) is 4.08. The number of hydrogen-bond acceptors (Lipinski definition) is 1. The maximum atomic E-state index is 9.42. The molecule has 0 aromatic carbocycles. The lowest BCUT2D eigenvalue weighted by Crippen LogP contribution is -2.03. The Bertz CT molecular complexity index is 36.5. The zero-order chi connectivity index (χ0) is 4.83. The molecule has 1 N–H and O–H groups in total. The summed E-state index contributed by atoms with van der Waals surface area (Å²) in [4.78, 5) is 9.42. The molecule has 6 heavy (non-hydrogen) atoms. The number of rotatable bonds is 3. The second kappa shape index (κ2) is 4.47. The van der Waals surface area contributed by atoms with E-state index in [0.717, 1.165) is 6.42 Å². The van der Waals surface area contributed by atoms with Crippen molar-refractivity contribution < 1.29 is 4.79 Å². The molecule has 0 saturated heterocycles. The summed E-state index contributed by atoms with van der Waals surface area (Å²) in [7, 11) is 0. The second-order valence-electron chi connectivity index (χ2n) is 0.897. The first-order valence-corrected chi connectivity index (χ1v) is 1.93. The summed E-state index contributed by atoms with van der Waals surface area (Å²) < 4.78 is 0. The van der Waals surface area contributed by atoms with Crippen LogP contribution in [-0.4, -0.2) is 6.41 Å². The summed E-state index contributed by atoms with van der Waals surface area (Å²) in [6.07, 6.45) is 1.54. The summed E-state index contributed by atoms with van der Waals surface area (Å²) in [5.41, 5.74) is 0. The fourth-order valence-electron chi connectivity index (χ4n) is 0.166. The van der Waals surface area contributed by atoms with E-state index in [1.165, 1.54) is 0 Å². The molecular formula is C4H8NO. The molecule has 35 valence electrons. The molecule has 0 fully saturated rings. The van der Waals surface area contributed by atoms with Crippen LogP contribution in [0.4, 0.5) is 0 Å². The van der Waals surface area contributed by atoms with Gasteiger partial charge in [-0.2, -0.15) is 0 Å². The van der Waals surface area contributed by atoms with Crippen molar-refractivity contribution in [1.82, 2.24) is 5.32 Å². The molecule has 1 radical (unpaired) electrons. The van der Waals surface area contributed by atoms with Gasteiger partial charge < -0.3 is 5.32 Å². The van der Waals surface area contributed by atoms with Gasteiger partial charge in [0.15, 0.2) is 0 Å². The molecule has 0 aliphatic rings. The van der Waals surface area contributed by atoms with Crippen LogP contribution in [0.5, 0.6) is 0 Å². The minimum Gasteiger partial charge on any atom is -0.354 e. The number of carbonyl (C=O) groups excluding carboxylic acids is 1. The standard InChI is InChI=1S/C4H8NO/c1-2-3-5-4-6/h3-4H,2H2,1H3,(H,5,6). The van der Waals surface area contributed by atoms with Crippen LogP contribution in [0.2, 0.25) is 0 Å². The Hall–Kier alpha value is -0.530. The molecule has 0 unspecified atom stereocenters. The summed E-state index contributed by atoms with van der Waals surface area (Å²) in [5, 5.41) is 2.39. The molecule has 0 saturated carbocycles. The first-order valence-electron chi connectivity index (χ1n) is 1.93. The predicted octanol–water partition coefficient (Wildman–Crippen LogP) is 0.304. The summed E-state index contributed by atoms with van der Waals surface area (Å²) >= 11 is 0.